The van der Waals surface area contributed by atoms with Crippen molar-refractivity contribution < 1.29 is 14.3 Å². The summed E-state index contributed by atoms with van der Waals surface area (Å²) in [5.41, 5.74) is 0. The number of likely N-dealkylation sites (N-methyl/N-ethyl adjacent to an activating group) is 1. The molecular formula is C13H26N2O3. The lowest BCUT2D eigenvalue weighted by atomic mass is 10.1. The topological polar surface area (TPSA) is 50.8 Å². The minimum Gasteiger partial charge on any atom is -0.383 e. The van der Waals surface area contributed by atoms with E-state index in [2.05, 4.69) is 5.32 Å². The van der Waals surface area contributed by atoms with Crippen LogP contribution in [0.2, 0.25) is 0 Å². The van der Waals surface area contributed by atoms with Gasteiger partial charge in [-0.2, -0.15) is 0 Å². The van der Waals surface area contributed by atoms with E-state index in [0.29, 0.717) is 25.7 Å². The Kier molecular flexibility index (Phi) is 7.23. The summed E-state index contributed by atoms with van der Waals surface area (Å²) in [6, 6.07) is 0.112. The molecule has 1 amide bonds. The number of ether oxygens (including phenoxy) is 2. The molecule has 1 aliphatic rings. The molecule has 0 spiro atoms. The smallest absolute Gasteiger partial charge is 0.224 e. The zero-order chi connectivity index (χ0) is 13.4. The molecule has 0 aromatic heterocycles. The number of methoxy groups -OCH3 is 1. The SMILES string of the molecule is COCC(C)N(C)C(=O)CCOC1CCNCC1. The van der Waals surface area contributed by atoms with E-state index < -0.39 is 0 Å². The largest absolute Gasteiger partial charge is 0.383 e. The first kappa shape index (κ1) is 15.4. The van der Waals surface area contributed by atoms with Crippen LogP contribution in [-0.2, 0) is 14.3 Å². The van der Waals surface area contributed by atoms with Gasteiger partial charge in [0, 0.05) is 14.2 Å². The number of hydrogen-bond acceptors (Lipinski definition) is 4. The van der Waals surface area contributed by atoms with Gasteiger partial charge in [0.05, 0.1) is 31.8 Å². The van der Waals surface area contributed by atoms with Crippen molar-refractivity contribution in [1.29, 1.82) is 0 Å². The molecule has 18 heavy (non-hydrogen) atoms. The predicted molar refractivity (Wildman–Crippen MR) is 70.6 cm³/mol. The van der Waals surface area contributed by atoms with E-state index in [1.807, 2.05) is 14.0 Å². The first-order chi connectivity index (χ1) is 8.65. The number of carbonyl (C=O) groups is 1. The molecule has 0 radical (unpaired) electrons. The van der Waals surface area contributed by atoms with Crippen LogP contribution in [0.4, 0.5) is 0 Å². The zero-order valence-corrected chi connectivity index (χ0v) is 11.8. The fraction of sp³-hybridized carbons (Fsp3) is 0.923. The van der Waals surface area contributed by atoms with Gasteiger partial charge >= 0.3 is 0 Å². The summed E-state index contributed by atoms with van der Waals surface area (Å²) in [4.78, 5) is 13.6. The Hall–Kier alpha value is -0.650. The molecule has 0 saturated carbocycles. The molecule has 1 saturated heterocycles. The first-order valence-corrected chi connectivity index (χ1v) is 6.72. The van der Waals surface area contributed by atoms with Crippen molar-refractivity contribution in [2.24, 2.45) is 0 Å². The van der Waals surface area contributed by atoms with Gasteiger partial charge < -0.3 is 19.7 Å². The number of rotatable bonds is 7. The number of nitrogens with one attached hydrogen (secondary N) is 1. The van der Waals surface area contributed by atoms with E-state index in [9.17, 15) is 4.79 Å². The quantitative estimate of drug-likeness (QED) is 0.728. The minimum atomic E-state index is 0.112. The molecule has 0 aromatic rings. The van der Waals surface area contributed by atoms with Crippen molar-refractivity contribution in [3.8, 4) is 0 Å². The molecule has 5 heteroatoms. The van der Waals surface area contributed by atoms with Crippen molar-refractivity contribution in [1.82, 2.24) is 10.2 Å². The molecule has 1 rings (SSSR count). The van der Waals surface area contributed by atoms with Crippen molar-refractivity contribution in [2.45, 2.75) is 38.3 Å². The van der Waals surface area contributed by atoms with Gasteiger partial charge in [-0.3, -0.25) is 4.79 Å². The summed E-state index contributed by atoms with van der Waals surface area (Å²) >= 11 is 0. The summed E-state index contributed by atoms with van der Waals surface area (Å²) in [7, 11) is 3.46. The fourth-order valence-electron chi connectivity index (χ4n) is 2.05. The van der Waals surface area contributed by atoms with Gasteiger partial charge in [-0.15, -0.1) is 0 Å². The maximum Gasteiger partial charge on any atom is 0.224 e. The third kappa shape index (κ3) is 5.33. The number of nitrogens with zero attached hydrogens (tertiary/aromatic N) is 1. The average molecular weight is 258 g/mol. The van der Waals surface area contributed by atoms with Crippen molar-refractivity contribution >= 4 is 5.91 Å². The Morgan fingerprint density at radius 2 is 2.11 bits per heavy atom. The molecule has 0 bridgehead atoms. The van der Waals surface area contributed by atoms with Gasteiger partial charge in [-0.25, -0.2) is 0 Å². The lowest BCUT2D eigenvalue weighted by Crippen LogP contribution is -2.38. The maximum absolute atomic E-state index is 11.9. The number of hydrogen-bond donors (Lipinski definition) is 1. The molecule has 106 valence electrons. The molecule has 1 atom stereocenters. The predicted octanol–water partition coefficient (Wildman–Crippen LogP) is 0.638. The summed E-state index contributed by atoms with van der Waals surface area (Å²) in [6.45, 7) is 5.10. The summed E-state index contributed by atoms with van der Waals surface area (Å²) < 4.78 is 10.8. The molecule has 1 unspecified atom stereocenters. The number of carbonyl (C=O) groups excluding carboxylic acids is 1. The molecular weight excluding hydrogens is 232 g/mol. The Balaban J connectivity index is 2.15. The van der Waals surface area contributed by atoms with E-state index in [1.54, 1.807) is 12.0 Å². The van der Waals surface area contributed by atoms with Crippen molar-refractivity contribution in [3.05, 3.63) is 0 Å². The van der Waals surface area contributed by atoms with E-state index >= 15 is 0 Å². The van der Waals surface area contributed by atoms with Gasteiger partial charge in [0.1, 0.15) is 0 Å². The Morgan fingerprint density at radius 1 is 1.44 bits per heavy atom. The summed E-state index contributed by atoms with van der Waals surface area (Å²) in [5, 5.41) is 3.29. The molecule has 1 fully saturated rings. The second-order valence-corrected chi connectivity index (χ2v) is 4.88. The standard InChI is InChI=1S/C13H26N2O3/c1-11(10-17-3)15(2)13(16)6-9-18-12-4-7-14-8-5-12/h11-12,14H,4-10H2,1-3H3. The summed E-state index contributed by atoms with van der Waals surface area (Å²) in [6.07, 6.45) is 2.86. The highest BCUT2D eigenvalue weighted by Crippen LogP contribution is 2.08. The van der Waals surface area contributed by atoms with Gasteiger partial charge in [-0.05, 0) is 32.9 Å². The number of piperidine rings is 1. The van der Waals surface area contributed by atoms with Crippen LogP contribution in [0.1, 0.15) is 26.2 Å². The zero-order valence-electron chi connectivity index (χ0n) is 11.8. The van der Waals surface area contributed by atoms with Gasteiger partial charge in [0.2, 0.25) is 5.91 Å². The van der Waals surface area contributed by atoms with E-state index in [1.165, 1.54) is 0 Å². The van der Waals surface area contributed by atoms with Gasteiger partial charge in [-0.1, -0.05) is 0 Å². The van der Waals surface area contributed by atoms with E-state index in [-0.39, 0.29) is 11.9 Å². The van der Waals surface area contributed by atoms with Crippen LogP contribution in [0.25, 0.3) is 0 Å². The fourth-order valence-corrected chi connectivity index (χ4v) is 2.05. The molecule has 0 aromatic carbocycles. The average Bonchev–Trinajstić information content (AvgIpc) is 2.39. The van der Waals surface area contributed by atoms with E-state index in [0.717, 1.165) is 25.9 Å². The highest BCUT2D eigenvalue weighted by atomic mass is 16.5. The normalized spacial score (nSPS) is 18.6. The van der Waals surface area contributed by atoms with Crippen LogP contribution in [0, 0.1) is 0 Å². The van der Waals surface area contributed by atoms with Crippen molar-refractivity contribution in [2.75, 3.05) is 40.5 Å². The van der Waals surface area contributed by atoms with E-state index in [4.69, 9.17) is 9.47 Å². The first-order valence-electron chi connectivity index (χ1n) is 6.72. The van der Waals surface area contributed by atoms with Crippen molar-refractivity contribution in [3.63, 3.8) is 0 Å². The van der Waals surface area contributed by atoms with Crippen LogP contribution >= 0.6 is 0 Å². The third-order valence-corrected chi connectivity index (χ3v) is 3.42. The number of amides is 1. The minimum absolute atomic E-state index is 0.112. The monoisotopic (exact) mass is 258 g/mol. The van der Waals surface area contributed by atoms with Crippen LogP contribution in [0.15, 0.2) is 0 Å². The molecule has 1 heterocycles. The summed E-state index contributed by atoms with van der Waals surface area (Å²) in [5.74, 6) is 0.119. The van der Waals surface area contributed by atoms with Crippen LogP contribution in [0.5, 0.6) is 0 Å². The van der Waals surface area contributed by atoms with Crippen LogP contribution < -0.4 is 5.32 Å². The lowest BCUT2D eigenvalue weighted by Gasteiger charge is -2.26. The Morgan fingerprint density at radius 3 is 2.72 bits per heavy atom. The third-order valence-electron chi connectivity index (χ3n) is 3.42. The molecule has 1 N–H and O–H groups in total. The maximum atomic E-state index is 11.9. The van der Waals surface area contributed by atoms with Gasteiger partial charge in [0.25, 0.3) is 0 Å². The Bertz CT molecular complexity index is 242. The molecule has 5 nitrogen and oxygen atoms in total. The lowest BCUT2D eigenvalue weighted by molar-refractivity contribution is -0.134. The van der Waals surface area contributed by atoms with Crippen LogP contribution in [0.3, 0.4) is 0 Å². The molecule has 1 aliphatic heterocycles. The molecule has 0 aliphatic carbocycles. The second-order valence-electron chi connectivity index (χ2n) is 4.88. The highest BCUT2D eigenvalue weighted by Gasteiger charge is 2.17. The second kappa shape index (κ2) is 8.45. The van der Waals surface area contributed by atoms with Gasteiger partial charge in [0.15, 0.2) is 0 Å². The Labute approximate surface area is 110 Å². The van der Waals surface area contributed by atoms with Crippen LogP contribution in [-0.4, -0.2) is 63.4 Å². The highest BCUT2D eigenvalue weighted by molar-refractivity contribution is 5.76.